The minimum absolute atomic E-state index is 0. The van der Waals surface area contributed by atoms with Gasteiger partial charge in [-0.05, 0) is 0 Å². The van der Waals surface area contributed by atoms with Crippen molar-refractivity contribution in [3.8, 4) is 0 Å². The molecule has 0 fully saturated rings. The molecule has 0 amide bonds. The van der Waals surface area contributed by atoms with Gasteiger partial charge in [0.05, 0.1) is 0 Å². The van der Waals surface area contributed by atoms with E-state index < -0.39 is 0 Å². The minimum atomic E-state index is 0. The third-order valence-electron chi connectivity index (χ3n) is 0. The second kappa shape index (κ2) is 171. The molecular formula is C4H11ClZn. The summed E-state index contributed by atoms with van der Waals surface area (Å²) < 4.78 is 0. The molecule has 0 bridgehead atoms. The molecule has 0 N–H and O–H groups in total. The number of halogens is 1. The second-order valence-electron chi connectivity index (χ2n) is 0. The van der Waals surface area contributed by atoms with Crippen LogP contribution in [0.15, 0.2) is 0 Å². The van der Waals surface area contributed by atoms with Crippen molar-refractivity contribution < 1.29 is 19.5 Å². The quantitative estimate of drug-likeness (QED) is 0.376. The van der Waals surface area contributed by atoms with Gasteiger partial charge in [0.25, 0.3) is 0 Å². The Kier molecular flexibility index (Phi) is 812. The molecule has 0 rings (SSSR count). The largest absolute Gasteiger partial charge is 2.00 e. The molecule has 0 unspecified atom stereocenters. The fourth-order valence-electron chi connectivity index (χ4n) is 0. The first kappa shape index (κ1) is 28.5. The third kappa shape index (κ3) is 90.2. The molecule has 6 heavy (non-hydrogen) atoms. The number of rotatable bonds is 0. The van der Waals surface area contributed by atoms with Crippen LogP contribution in [-0.4, -0.2) is 0 Å². The zero-order valence-electron chi connectivity index (χ0n) is 4.53. The summed E-state index contributed by atoms with van der Waals surface area (Å²) in [7, 11) is 0. The number of hydrogen-bond acceptors (Lipinski definition) is 0. The molecule has 2 heteroatoms. The van der Waals surface area contributed by atoms with Crippen molar-refractivity contribution in [2.45, 2.75) is 13.8 Å². The van der Waals surface area contributed by atoms with Crippen LogP contribution in [0.3, 0.4) is 0 Å². The van der Waals surface area contributed by atoms with E-state index in [1.165, 1.54) is 0 Å². The molecule has 0 aliphatic carbocycles. The molecule has 0 heterocycles. The second-order valence-corrected chi connectivity index (χ2v) is 0. The Morgan fingerprint density at radius 1 is 0.833 bits per heavy atom. The summed E-state index contributed by atoms with van der Waals surface area (Å²) in [5, 5.41) is 0. The molecule has 0 aliphatic rings. The van der Waals surface area contributed by atoms with E-state index in [-0.39, 0.29) is 31.9 Å². The van der Waals surface area contributed by atoms with E-state index in [1.54, 1.807) is 13.8 Å². The van der Waals surface area contributed by atoms with Gasteiger partial charge >= 0.3 is 19.5 Å². The normalized spacial score (nSPS) is 2.00. The Morgan fingerprint density at radius 3 is 0.833 bits per heavy atom. The van der Waals surface area contributed by atoms with Gasteiger partial charge in [0.15, 0.2) is 0 Å². The van der Waals surface area contributed by atoms with Gasteiger partial charge in [-0.3, -0.25) is 0 Å². The average Bonchev–Trinajstić information content (AvgIpc) is 1.50. The molecule has 0 saturated carbocycles. The molecule has 0 saturated heterocycles. The molecule has 0 aromatic heterocycles. The maximum atomic E-state index is 3.25. The van der Waals surface area contributed by atoms with E-state index in [2.05, 4.69) is 13.8 Å². The van der Waals surface area contributed by atoms with Crippen molar-refractivity contribution in [3.05, 3.63) is 13.8 Å². The van der Waals surface area contributed by atoms with Crippen LogP contribution in [-0.2, 0) is 19.5 Å². The zero-order valence-corrected chi connectivity index (χ0v) is 8.31. The summed E-state index contributed by atoms with van der Waals surface area (Å²) in [6, 6.07) is 0. The van der Waals surface area contributed by atoms with Crippen molar-refractivity contribution in [2.24, 2.45) is 0 Å². The predicted octanol–water partition coefficient (Wildman–Crippen LogP) is 2.10. The molecule has 0 aliphatic heterocycles. The molecule has 0 aromatic rings. The van der Waals surface area contributed by atoms with Gasteiger partial charge in [0.1, 0.15) is 0 Å². The molecule has 0 nitrogen and oxygen atoms in total. The molecule has 0 aromatic carbocycles. The van der Waals surface area contributed by atoms with Gasteiger partial charge in [-0.15, -0.1) is 12.4 Å². The van der Waals surface area contributed by atoms with Crippen LogP contribution >= 0.6 is 12.4 Å². The van der Waals surface area contributed by atoms with Crippen LogP contribution in [0.2, 0.25) is 0 Å². The molecular weight excluding hydrogens is 149 g/mol. The summed E-state index contributed by atoms with van der Waals surface area (Å²) in [5.41, 5.74) is 0. The van der Waals surface area contributed by atoms with Gasteiger partial charge in [-0.2, -0.15) is 13.8 Å². The van der Waals surface area contributed by atoms with Crippen molar-refractivity contribution in [2.75, 3.05) is 0 Å². The fraction of sp³-hybridized carbons (Fsp3) is 0.500. The van der Waals surface area contributed by atoms with E-state index in [1.807, 2.05) is 0 Å². The van der Waals surface area contributed by atoms with Crippen LogP contribution in [0.5, 0.6) is 0 Å². The van der Waals surface area contributed by atoms with Gasteiger partial charge in [-0.25, -0.2) is 0 Å². The van der Waals surface area contributed by atoms with Gasteiger partial charge in [0, 0.05) is 0 Å². The predicted molar refractivity (Wildman–Crippen MR) is 29.3 cm³/mol. The SMILES string of the molecule is Cl.[CH2-]C.[CH2-]C.[Zn+2]. The third-order valence-corrected chi connectivity index (χ3v) is 0. The standard InChI is InChI=1S/2C2H5.ClH.Zn/c2*1-2;;/h2*1H2,2H3;1H;/q2*-1;;+2. The van der Waals surface area contributed by atoms with Gasteiger partial charge in [0.2, 0.25) is 0 Å². The van der Waals surface area contributed by atoms with Crippen LogP contribution in [0, 0.1) is 13.8 Å². The summed E-state index contributed by atoms with van der Waals surface area (Å²) >= 11 is 0. The van der Waals surface area contributed by atoms with Crippen LogP contribution < -0.4 is 0 Å². The Morgan fingerprint density at radius 2 is 0.833 bits per heavy atom. The summed E-state index contributed by atoms with van der Waals surface area (Å²) in [4.78, 5) is 0. The van der Waals surface area contributed by atoms with E-state index in [0.717, 1.165) is 0 Å². The van der Waals surface area contributed by atoms with Crippen molar-refractivity contribution in [1.29, 1.82) is 0 Å². The van der Waals surface area contributed by atoms with Gasteiger partial charge < -0.3 is 13.8 Å². The summed E-state index contributed by atoms with van der Waals surface area (Å²) in [5.74, 6) is 0. The Labute approximate surface area is 59.9 Å². The van der Waals surface area contributed by atoms with Crippen LogP contribution in [0.25, 0.3) is 0 Å². The van der Waals surface area contributed by atoms with Gasteiger partial charge in [-0.1, -0.05) is 0 Å². The Hall–Kier alpha value is 0.913. The summed E-state index contributed by atoms with van der Waals surface area (Å²) in [6.07, 6.45) is 0. The Bertz CT molecular complexity index is 7.51. The van der Waals surface area contributed by atoms with Crippen LogP contribution in [0.1, 0.15) is 13.8 Å². The molecule has 0 spiro atoms. The van der Waals surface area contributed by atoms with E-state index in [9.17, 15) is 0 Å². The van der Waals surface area contributed by atoms with Crippen molar-refractivity contribution >= 4 is 12.4 Å². The van der Waals surface area contributed by atoms with Crippen LogP contribution in [0.4, 0.5) is 0 Å². The maximum absolute atomic E-state index is 3.25. The first-order valence-corrected chi connectivity index (χ1v) is 1.41. The summed E-state index contributed by atoms with van der Waals surface area (Å²) in [6.45, 7) is 10.0. The topological polar surface area (TPSA) is 0 Å². The first-order chi connectivity index (χ1) is 2.00. The first-order valence-electron chi connectivity index (χ1n) is 1.41. The average molecular weight is 160 g/mol. The van der Waals surface area contributed by atoms with Crippen molar-refractivity contribution in [3.63, 3.8) is 0 Å². The zero-order chi connectivity index (χ0) is 4.00. The van der Waals surface area contributed by atoms with E-state index >= 15 is 0 Å². The Balaban J connectivity index is -0.00000000500. The minimum Gasteiger partial charge on any atom is -0.346 e. The monoisotopic (exact) mass is 158 g/mol. The molecule has 36 valence electrons. The van der Waals surface area contributed by atoms with E-state index in [0.29, 0.717) is 0 Å². The fourth-order valence-corrected chi connectivity index (χ4v) is 0. The smallest absolute Gasteiger partial charge is 0.346 e. The van der Waals surface area contributed by atoms with Crippen molar-refractivity contribution in [1.82, 2.24) is 0 Å². The van der Waals surface area contributed by atoms with E-state index in [4.69, 9.17) is 0 Å². The maximum Gasteiger partial charge on any atom is 2.00 e. The number of hydrogen-bond donors (Lipinski definition) is 0. The molecule has 0 atom stereocenters. The molecule has 0 radical (unpaired) electrons.